The predicted molar refractivity (Wildman–Crippen MR) is 78.0 cm³/mol. The van der Waals surface area contributed by atoms with E-state index in [1.165, 1.54) is 11.4 Å². The molecule has 1 N–H and O–H groups in total. The van der Waals surface area contributed by atoms with Crippen molar-refractivity contribution in [2.24, 2.45) is 0 Å². The van der Waals surface area contributed by atoms with E-state index in [0.717, 1.165) is 4.47 Å². The molecule has 4 nitrogen and oxygen atoms in total. The van der Waals surface area contributed by atoms with E-state index in [1.54, 1.807) is 25.1 Å². The van der Waals surface area contributed by atoms with E-state index < -0.39 is 16.1 Å². The van der Waals surface area contributed by atoms with Gasteiger partial charge in [-0.2, -0.15) is 0 Å². The number of nitrogens with zero attached hydrogens (tertiary/aromatic N) is 1. The summed E-state index contributed by atoms with van der Waals surface area (Å²) in [6.07, 6.45) is -0.111. The van der Waals surface area contributed by atoms with Crippen molar-refractivity contribution in [2.75, 3.05) is 13.6 Å². The fourth-order valence-electron chi connectivity index (χ4n) is 1.34. The van der Waals surface area contributed by atoms with Gasteiger partial charge in [-0.1, -0.05) is 15.9 Å². The normalized spacial score (nSPS) is 13.9. The van der Waals surface area contributed by atoms with Gasteiger partial charge in [0.2, 0.25) is 10.0 Å². The third-order valence-corrected chi connectivity index (χ3v) is 5.77. The fraction of sp³-hybridized carbons (Fsp3) is 0.455. The van der Waals surface area contributed by atoms with Crippen LogP contribution in [0.5, 0.6) is 0 Å². The molecular formula is C11H15Br2NO3S. The first-order valence-corrected chi connectivity index (χ1v) is 8.37. The quantitative estimate of drug-likeness (QED) is 0.826. The zero-order valence-electron chi connectivity index (χ0n) is 10.1. The van der Waals surface area contributed by atoms with E-state index in [-0.39, 0.29) is 11.4 Å². The Morgan fingerprint density at radius 3 is 2.50 bits per heavy atom. The molecule has 0 amide bonds. The molecule has 0 aromatic heterocycles. The van der Waals surface area contributed by atoms with Gasteiger partial charge in [-0.25, -0.2) is 12.7 Å². The van der Waals surface area contributed by atoms with Gasteiger partial charge in [0.15, 0.2) is 0 Å². The molecule has 1 aromatic rings. The number of hydrogen-bond donors (Lipinski definition) is 1. The highest BCUT2D eigenvalue weighted by atomic mass is 79.9. The van der Waals surface area contributed by atoms with Gasteiger partial charge in [0, 0.05) is 22.5 Å². The average molecular weight is 401 g/mol. The molecule has 0 saturated heterocycles. The first kappa shape index (κ1) is 16.1. The largest absolute Gasteiger partial charge is 0.393 e. The zero-order valence-corrected chi connectivity index (χ0v) is 14.1. The van der Waals surface area contributed by atoms with Crippen LogP contribution in [0.2, 0.25) is 0 Å². The molecule has 1 rings (SSSR count). The van der Waals surface area contributed by atoms with E-state index in [0.29, 0.717) is 10.9 Å². The Labute approximate surface area is 124 Å². The van der Waals surface area contributed by atoms with Gasteiger partial charge in [-0.15, -0.1) is 0 Å². The second-order valence-electron chi connectivity index (χ2n) is 4.04. The lowest BCUT2D eigenvalue weighted by molar-refractivity contribution is 0.177. The molecule has 0 bridgehead atoms. The van der Waals surface area contributed by atoms with Crippen molar-refractivity contribution >= 4 is 41.9 Å². The maximum atomic E-state index is 12.3. The van der Waals surface area contributed by atoms with Crippen molar-refractivity contribution in [2.45, 2.75) is 24.3 Å². The van der Waals surface area contributed by atoms with E-state index >= 15 is 0 Å². The van der Waals surface area contributed by atoms with E-state index in [9.17, 15) is 13.5 Å². The molecule has 0 radical (unpaired) electrons. The Kier molecular flexibility index (Phi) is 5.79. The number of rotatable bonds is 5. The summed E-state index contributed by atoms with van der Waals surface area (Å²) in [4.78, 5) is 0.221. The summed E-state index contributed by atoms with van der Waals surface area (Å²) in [6, 6.07) is 4.91. The summed E-state index contributed by atoms with van der Waals surface area (Å²) in [5.74, 6) is 0. The summed E-state index contributed by atoms with van der Waals surface area (Å²) >= 11 is 6.52. The number of aliphatic hydroxyl groups is 1. The maximum Gasteiger partial charge on any atom is 0.243 e. The van der Waals surface area contributed by atoms with Gasteiger partial charge < -0.3 is 5.11 Å². The molecule has 7 heteroatoms. The molecule has 0 aliphatic heterocycles. The smallest absolute Gasteiger partial charge is 0.243 e. The second-order valence-corrected chi connectivity index (χ2v) is 7.82. The van der Waals surface area contributed by atoms with Crippen LogP contribution in [0.4, 0.5) is 0 Å². The number of halogens is 2. The molecular weight excluding hydrogens is 386 g/mol. The van der Waals surface area contributed by atoms with Crippen molar-refractivity contribution in [1.82, 2.24) is 4.31 Å². The van der Waals surface area contributed by atoms with Crippen LogP contribution in [0.25, 0.3) is 0 Å². The van der Waals surface area contributed by atoms with Crippen LogP contribution in [-0.2, 0) is 10.0 Å². The van der Waals surface area contributed by atoms with Crippen LogP contribution >= 0.6 is 31.9 Å². The standard InChI is InChI=1S/C11H15Br2NO3S/c1-8(15)5-6-14(2)18(16,17)11-4-3-9(12)7-10(11)13/h3-4,7-8,15H,5-6H2,1-2H3. The van der Waals surface area contributed by atoms with Crippen molar-refractivity contribution in [1.29, 1.82) is 0 Å². The Hall–Kier alpha value is 0.0500. The van der Waals surface area contributed by atoms with E-state index in [1.807, 2.05) is 0 Å². The highest BCUT2D eigenvalue weighted by Crippen LogP contribution is 2.27. The molecule has 18 heavy (non-hydrogen) atoms. The van der Waals surface area contributed by atoms with Crippen LogP contribution < -0.4 is 0 Å². The molecule has 0 heterocycles. The minimum atomic E-state index is -3.53. The molecule has 0 saturated carbocycles. The van der Waals surface area contributed by atoms with Crippen molar-refractivity contribution in [3.63, 3.8) is 0 Å². The molecule has 0 spiro atoms. The van der Waals surface area contributed by atoms with E-state index in [2.05, 4.69) is 31.9 Å². The lowest BCUT2D eigenvalue weighted by atomic mass is 10.3. The lowest BCUT2D eigenvalue weighted by Crippen LogP contribution is -2.29. The Bertz CT molecular complexity index is 517. The fourth-order valence-corrected chi connectivity index (χ4v) is 4.23. The molecule has 0 fully saturated rings. The lowest BCUT2D eigenvalue weighted by Gasteiger charge is -2.18. The van der Waals surface area contributed by atoms with Gasteiger partial charge in [0.1, 0.15) is 0 Å². The first-order chi connectivity index (χ1) is 8.25. The van der Waals surface area contributed by atoms with Gasteiger partial charge in [-0.05, 0) is 47.5 Å². The summed E-state index contributed by atoms with van der Waals surface area (Å²) in [5, 5.41) is 9.19. The molecule has 0 aliphatic carbocycles. The first-order valence-electron chi connectivity index (χ1n) is 5.34. The Balaban J connectivity index is 2.98. The van der Waals surface area contributed by atoms with Crippen molar-refractivity contribution in [3.05, 3.63) is 27.1 Å². The summed E-state index contributed by atoms with van der Waals surface area (Å²) in [7, 11) is -2.02. The highest BCUT2D eigenvalue weighted by molar-refractivity contribution is 9.11. The van der Waals surface area contributed by atoms with Gasteiger partial charge in [0.05, 0.1) is 11.0 Å². The molecule has 102 valence electrons. The number of sulfonamides is 1. The van der Waals surface area contributed by atoms with Gasteiger partial charge >= 0.3 is 0 Å². The SMILES string of the molecule is CC(O)CCN(C)S(=O)(=O)c1ccc(Br)cc1Br. The van der Waals surface area contributed by atoms with E-state index in [4.69, 9.17) is 0 Å². The van der Waals surface area contributed by atoms with Gasteiger partial charge in [0.25, 0.3) is 0 Å². The van der Waals surface area contributed by atoms with Crippen LogP contribution in [0, 0.1) is 0 Å². The molecule has 1 aromatic carbocycles. The summed E-state index contributed by atoms with van der Waals surface area (Å²) in [6.45, 7) is 1.92. The third-order valence-electron chi connectivity index (χ3n) is 2.44. The average Bonchev–Trinajstić information content (AvgIpc) is 2.24. The summed E-state index contributed by atoms with van der Waals surface area (Å²) < 4.78 is 27.1. The maximum absolute atomic E-state index is 12.3. The minimum absolute atomic E-state index is 0.221. The molecule has 1 unspecified atom stereocenters. The topological polar surface area (TPSA) is 57.6 Å². The highest BCUT2D eigenvalue weighted by Gasteiger charge is 2.23. The van der Waals surface area contributed by atoms with Crippen LogP contribution in [-0.4, -0.2) is 37.5 Å². The van der Waals surface area contributed by atoms with Crippen LogP contribution in [0.1, 0.15) is 13.3 Å². The van der Waals surface area contributed by atoms with Crippen molar-refractivity contribution < 1.29 is 13.5 Å². The zero-order chi connectivity index (χ0) is 13.9. The second kappa shape index (κ2) is 6.47. The minimum Gasteiger partial charge on any atom is -0.393 e. The Morgan fingerprint density at radius 1 is 1.39 bits per heavy atom. The van der Waals surface area contributed by atoms with Gasteiger partial charge in [-0.3, -0.25) is 0 Å². The molecule has 0 aliphatic rings. The Morgan fingerprint density at radius 2 is 2.00 bits per heavy atom. The van der Waals surface area contributed by atoms with Crippen LogP contribution in [0.15, 0.2) is 32.0 Å². The third kappa shape index (κ3) is 4.03. The van der Waals surface area contributed by atoms with Crippen molar-refractivity contribution in [3.8, 4) is 0 Å². The summed E-state index contributed by atoms with van der Waals surface area (Å²) in [5.41, 5.74) is 0. The molecule has 1 atom stereocenters. The monoisotopic (exact) mass is 399 g/mol. The number of aliphatic hydroxyl groups excluding tert-OH is 1. The predicted octanol–water partition coefficient (Wildman–Crippen LogP) is 2.60. The number of hydrogen-bond acceptors (Lipinski definition) is 3. The number of benzene rings is 1. The van der Waals surface area contributed by atoms with Crippen LogP contribution in [0.3, 0.4) is 0 Å².